The van der Waals surface area contributed by atoms with Crippen molar-refractivity contribution in [3.05, 3.63) is 86.2 Å². The Morgan fingerprint density at radius 2 is 1.92 bits per heavy atom. The highest BCUT2D eigenvalue weighted by Crippen LogP contribution is 2.40. The fourth-order valence-corrected chi connectivity index (χ4v) is 5.63. The molecule has 2 aliphatic rings. The van der Waals surface area contributed by atoms with Gasteiger partial charge in [-0.3, -0.25) is 19.8 Å². The van der Waals surface area contributed by atoms with Crippen molar-refractivity contribution in [3.8, 4) is 11.3 Å². The molecule has 10 heteroatoms. The van der Waals surface area contributed by atoms with Crippen LogP contribution in [0.3, 0.4) is 0 Å². The average Bonchev–Trinajstić information content (AvgIpc) is 3.45. The van der Waals surface area contributed by atoms with E-state index < -0.39 is 10.7 Å². The van der Waals surface area contributed by atoms with Crippen LogP contribution in [0.1, 0.15) is 37.9 Å². The van der Waals surface area contributed by atoms with Crippen molar-refractivity contribution in [1.29, 1.82) is 0 Å². The number of nitro groups is 1. The number of thioether (sulfide) groups is 1. The van der Waals surface area contributed by atoms with E-state index in [1.165, 1.54) is 36.0 Å². The monoisotopic (exact) mass is 525 g/mol. The predicted molar refractivity (Wildman–Crippen MR) is 139 cm³/mol. The molecule has 0 atom stereocenters. The highest BCUT2D eigenvalue weighted by Gasteiger charge is 2.39. The van der Waals surface area contributed by atoms with Gasteiger partial charge in [-0.2, -0.15) is 0 Å². The number of hydrogen-bond donors (Lipinski definition) is 0. The number of hydrogen-bond acceptors (Lipinski definition) is 6. The molecule has 3 aromatic rings. The Morgan fingerprint density at radius 3 is 2.67 bits per heavy atom. The number of benzene rings is 2. The van der Waals surface area contributed by atoms with Crippen LogP contribution in [-0.2, 0) is 4.79 Å². The number of non-ortho nitro benzene ring substituents is 1. The number of para-hydroxylation sites is 1. The van der Waals surface area contributed by atoms with Crippen LogP contribution in [0.5, 0.6) is 0 Å². The van der Waals surface area contributed by atoms with Gasteiger partial charge in [0.15, 0.2) is 5.17 Å². The van der Waals surface area contributed by atoms with Crippen LogP contribution in [0, 0.1) is 15.9 Å². The maximum Gasteiger partial charge on any atom is 0.270 e. The molecular formula is C26H21ClFN3O4S. The number of rotatable bonds is 5. The van der Waals surface area contributed by atoms with Crippen molar-refractivity contribution in [2.45, 2.75) is 38.1 Å². The first-order valence-electron chi connectivity index (χ1n) is 11.5. The molecule has 2 aromatic carbocycles. The van der Waals surface area contributed by atoms with Crippen molar-refractivity contribution in [1.82, 2.24) is 4.90 Å². The summed E-state index contributed by atoms with van der Waals surface area (Å²) in [5.41, 5.74) is 0.450. The molecule has 1 saturated heterocycles. The lowest BCUT2D eigenvalue weighted by molar-refractivity contribution is -0.384. The molecule has 184 valence electrons. The van der Waals surface area contributed by atoms with Crippen LogP contribution in [-0.4, -0.2) is 26.9 Å². The van der Waals surface area contributed by atoms with Gasteiger partial charge in [0.2, 0.25) is 0 Å². The molecule has 7 nitrogen and oxygen atoms in total. The maximum absolute atomic E-state index is 14.3. The van der Waals surface area contributed by atoms with Crippen LogP contribution >= 0.6 is 23.4 Å². The molecule has 0 N–H and O–H groups in total. The molecule has 1 saturated carbocycles. The van der Waals surface area contributed by atoms with E-state index in [9.17, 15) is 19.3 Å². The highest BCUT2D eigenvalue weighted by molar-refractivity contribution is 8.18. The molecular weight excluding hydrogens is 505 g/mol. The van der Waals surface area contributed by atoms with Gasteiger partial charge >= 0.3 is 0 Å². The fraction of sp³-hybridized carbons (Fsp3) is 0.231. The number of nitro benzene ring substituents is 1. The minimum Gasteiger partial charge on any atom is -0.457 e. The quantitative estimate of drug-likeness (QED) is 0.194. The molecule has 2 fully saturated rings. The lowest BCUT2D eigenvalue weighted by Gasteiger charge is -2.30. The second-order valence-electron chi connectivity index (χ2n) is 8.55. The number of amides is 1. The third kappa shape index (κ3) is 4.94. The van der Waals surface area contributed by atoms with Crippen molar-refractivity contribution < 1.29 is 18.5 Å². The van der Waals surface area contributed by atoms with E-state index in [1.54, 1.807) is 41.3 Å². The Kier molecular flexibility index (Phi) is 6.93. The first-order valence-corrected chi connectivity index (χ1v) is 12.7. The Hall–Kier alpha value is -3.43. The molecule has 1 aliphatic heterocycles. The molecule has 0 unspecified atom stereocenters. The van der Waals surface area contributed by atoms with Gasteiger partial charge in [-0.1, -0.05) is 43.0 Å². The van der Waals surface area contributed by atoms with Gasteiger partial charge in [-0.25, -0.2) is 9.38 Å². The summed E-state index contributed by atoms with van der Waals surface area (Å²) in [7, 11) is 0. The minimum absolute atomic E-state index is 0.00556. The van der Waals surface area contributed by atoms with Crippen LogP contribution in [0.2, 0.25) is 5.02 Å². The fourth-order valence-electron chi connectivity index (χ4n) is 4.39. The molecule has 5 rings (SSSR count). The van der Waals surface area contributed by atoms with Crippen LogP contribution in [0.25, 0.3) is 17.4 Å². The van der Waals surface area contributed by atoms with Gasteiger partial charge in [0.1, 0.15) is 23.0 Å². The van der Waals surface area contributed by atoms with Crippen molar-refractivity contribution in [2.24, 2.45) is 4.99 Å². The summed E-state index contributed by atoms with van der Waals surface area (Å²) in [5, 5.41) is 11.9. The van der Waals surface area contributed by atoms with Crippen molar-refractivity contribution in [3.63, 3.8) is 0 Å². The number of halogens is 2. The molecule has 36 heavy (non-hydrogen) atoms. The van der Waals surface area contributed by atoms with E-state index in [0.29, 0.717) is 32.2 Å². The molecule has 0 spiro atoms. The third-order valence-electron chi connectivity index (χ3n) is 6.17. The smallest absolute Gasteiger partial charge is 0.270 e. The number of carbonyl (C=O) groups is 1. The largest absolute Gasteiger partial charge is 0.457 e. The highest BCUT2D eigenvalue weighted by atomic mass is 35.5. The normalized spacial score (nSPS) is 18.9. The summed E-state index contributed by atoms with van der Waals surface area (Å²) in [6, 6.07) is 13.6. The molecule has 0 bridgehead atoms. The van der Waals surface area contributed by atoms with Crippen molar-refractivity contribution in [2.75, 3.05) is 0 Å². The van der Waals surface area contributed by atoms with Crippen LogP contribution < -0.4 is 0 Å². The van der Waals surface area contributed by atoms with Gasteiger partial charge in [-0.15, -0.1) is 0 Å². The second-order valence-corrected chi connectivity index (χ2v) is 9.96. The van der Waals surface area contributed by atoms with E-state index in [4.69, 9.17) is 16.0 Å². The summed E-state index contributed by atoms with van der Waals surface area (Å²) in [6.45, 7) is 0. The third-order valence-corrected chi connectivity index (χ3v) is 7.48. The molecule has 1 amide bonds. The van der Waals surface area contributed by atoms with E-state index >= 15 is 0 Å². The first-order chi connectivity index (χ1) is 17.4. The van der Waals surface area contributed by atoms with Gasteiger partial charge < -0.3 is 4.42 Å². The number of carbonyl (C=O) groups excluding carboxylic acids is 1. The lowest BCUT2D eigenvalue weighted by Crippen LogP contribution is -2.40. The Bertz CT molecular complexity index is 1400. The minimum atomic E-state index is -0.504. The summed E-state index contributed by atoms with van der Waals surface area (Å²) in [5.74, 6) is 0.0754. The second kappa shape index (κ2) is 10.3. The summed E-state index contributed by atoms with van der Waals surface area (Å²) >= 11 is 7.42. The van der Waals surface area contributed by atoms with Gasteiger partial charge in [0.25, 0.3) is 11.6 Å². The predicted octanol–water partition coefficient (Wildman–Crippen LogP) is 7.58. The number of nitrogens with zero attached hydrogens (tertiary/aromatic N) is 3. The lowest BCUT2D eigenvalue weighted by atomic mass is 9.94. The van der Waals surface area contributed by atoms with E-state index in [1.807, 2.05) is 0 Å². The van der Waals surface area contributed by atoms with E-state index in [-0.39, 0.29) is 23.3 Å². The zero-order valence-electron chi connectivity index (χ0n) is 19.0. The van der Waals surface area contributed by atoms with E-state index in [2.05, 4.69) is 4.99 Å². The topological polar surface area (TPSA) is 88.9 Å². The van der Waals surface area contributed by atoms with Crippen LogP contribution in [0.15, 0.2) is 68.9 Å². The molecule has 1 aromatic heterocycles. The molecule has 0 radical (unpaired) electrons. The van der Waals surface area contributed by atoms with Crippen LogP contribution in [0.4, 0.5) is 15.8 Å². The standard InChI is InChI=1S/C26H21ClFN3O4S/c27-20-12-10-17(31(33)34)14-19(20)23-13-11-18(35-23)15-24-25(32)30(16-6-2-1-3-7-16)26(36-24)29-22-9-5-4-8-21(22)28/h4-5,8-16H,1-3,6-7H2/b24-15-,29-26?. The average molecular weight is 526 g/mol. The van der Waals surface area contributed by atoms with Gasteiger partial charge in [0, 0.05) is 29.8 Å². The number of aliphatic imine (C=N–C) groups is 1. The Labute approximate surface area is 215 Å². The Balaban J connectivity index is 1.48. The summed E-state index contributed by atoms with van der Waals surface area (Å²) < 4.78 is 20.2. The first kappa shape index (κ1) is 24.3. The summed E-state index contributed by atoms with van der Waals surface area (Å²) in [6.07, 6.45) is 6.52. The number of furan rings is 1. The molecule has 2 heterocycles. The maximum atomic E-state index is 14.3. The number of amidine groups is 1. The SMILES string of the molecule is O=C1/C(=C/c2ccc(-c3cc([N+](=O)[O-])ccc3Cl)o2)SC(=Nc2ccccc2F)N1C1CCCCC1. The zero-order valence-corrected chi connectivity index (χ0v) is 20.6. The molecule has 1 aliphatic carbocycles. The summed E-state index contributed by atoms with van der Waals surface area (Å²) in [4.78, 5) is 30.7. The zero-order chi connectivity index (χ0) is 25.2. The van der Waals surface area contributed by atoms with E-state index in [0.717, 1.165) is 32.1 Å². The van der Waals surface area contributed by atoms with Gasteiger partial charge in [0.05, 0.1) is 14.9 Å². The van der Waals surface area contributed by atoms with Gasteiger partial charge in [-0.05, 0) is 54.9 Å². The van der Waals surface area contributed by atoms with Crippen molar-refractivity contribution >= 4 is 51.9 Å². The Morgan fingerprint density at radius 1 is 1.14 bits per heavy atom.